The lowest BCUT2D eigenvalue weighted by Gasteiger charge is -2.17. The van der Waals surface area contributed by atoms with Gasteiger partial charge in [-0.3, -0.25) is 4.98 Å². The Morgan fingerprint density at radius 3 is 2.40 bits per heavy atom. The van der Waals surface area contributed by atoms with Gasteiger partial charge in [-0.25, -0.2) is 8.42 Å². The largest absolute Gasteiger partial charge is 0.265 e. The second-order valence-corrected chi connectivity index (χ2v) is 7.04. The van der Waals surface area contributed by atoms with Crippen LogP contribution in [0, 0.1) is 0 Å². The molecule has 0 N–H and O–H groups in total. The fourth-order valence-electron chi connectivity index (χ4n) is 1.31. The first-order valence-corrected chi connectivity index (χ1v) is 7.59. The number of sulfone groups is 1. The second kappa shape index (κ2) is 5.07. The van der Waals surface area contributed by atoms with Crippen molar-refractivity contribution in [3.63, 3.8) is 0 Å². The number of alkyl halides is 1. The fraction of sp³-hybridized carbons (Fsp3) is 0.500. The molecule has 1 heterocycles. The molecule has 0 aliphatic heterocycles. The van der Waals surface area contributed by atoms with Crippen LogP contribution in [-0.2, 0) is 9.84 Å². The Hall–Kier alpha value is -0.420. The van der Waals surface area contributed by atoms with Crippen LogP contribution in [0.4, 0.5) is 0 Å². The van der Waals surface area contributed by atoms with Gasteiger partial charge in [0.15, 0.2) is 0 Å². The average Bonchev–Trinajstić information content (AvgIpc) is 2.15. The van der Waals surface area contributed by atoms with E-state index in [4.69, 9.17) is 0 Å². The van der Waals surface area contributed by atoms with Crippen LogP contribution < -0.4 is 0 Å². The topological polar surface area (TPSA) is 47.0 Å². The van der Waals surface area contributed by atoms with Crippen molar-refractivity contribution in [1.29, 1.82) is 0 Å². The second-order valence-electron chi connectivity index (χ2n) is 3.68. The molecule has 5 heteroatoms. The van der Waals surface area contributed by atoms with E-state index in [2.05, 4.69) is 20.9 Å². The molecular weight excluding hydrogens is 278 g/mol. The molecule has 3 nitrogen and oxygen atoms in total. The zero-order chi connectivity index (χ0) is 11.5. The number of hydrogen-bond acceptors (Lipinski definition) is 3. The highest BCUT2D eigenvalue weighted by Gasteiger charge is 2.20. The Morgan fingerprint density at radius 1 is 1.40 bits per heavy atom. The van der Waals surface area contributed by atoms with Gasteiger partial charge in [-0.15, -0.1) is 0 Å². The maximum absolute atomic E-state index is 11.1. The summed E-state index contributed by atoms with van der Waals surface area (Å²) < 4.78 is 22.3. The minimum Gasteiger partial charge on any atom is -0.265 e. The Bertz CT molecular complexity index is 405. The third-order valence-electron chi connectivity index (χ3n) is 2.24. The lowest BCUT2D eigenvalue weighted by Crippen LogP contribution is -2.20. The van der Waals surface area contributed by atoms with E-state index >= 15 is 0 Å². The highest BCUT2D eigenvalue weighted by atomic mass is 79.9. The zero-order valence-corrected chi connectivity index (χ0v) is 11.1. The molecule has 0 aromatic carbocycles. The maximum Gasteiger partial charge on any atom is 0.148 e. The summed E-state index contributed by atoms with van der Waals surface area (Å²) in [5, 5.41) is 0. The van der Waals surface area contributed by atoms with Crippen molar-refractivity contribution in [2.45, 2.75) is 17.7 Å². The average molecular weight is 292 g/mol. The van der Waals surface area contributed by atoms with Gasteiger partial charge in [0.25, 0.3) is 0 Å². The van der Waals surface area contributed by atoms with E-state index in [0.717, 1.165) is 5.56 Å². The summed E-state index contributed by atoms with van der Waals surface area (Å²) in [6.45, 7) is 2.00. The molecule has 1 aromatic heterocycles. The van der Waals surface area contributed by atoms with E-state index in [-0.39, 0.29) is 16.5 Å². The summed E-state index contributed by atoms with van der Waals surface area (Å²) >= 11 is 3.42. The summed E-state index contributed by atoms with van der Waals surface area (Å²) in [6.07, 6.45) is 4.68. The van der Waals surface area contributed by atoms with Crippen molar-refractivity contribution < 1.29 is 8.42 Å². The maximum atomic E-state index is 11.1. The van der Waals surface area contributed by atoms with Gasteiger partial charge < -0.3 is 0 Å². The third kappa shape index (κ3) is 4.30. The number of rotatable bonds is 4. The van der Waals surface area contributed by atoms with Gasteiger partial charge in [-0.05, 0) is 23.6 Å². The molecule has 0 saturated carbocycles. The van der Waals surface area contributed by atoms with E-state index in [1.807, 2.05) is 19.1 Å². The van der Waals surface area contributed by atoms with Crippen molar-refractivity contribution >= 4 is 25.8 Å². The summed E-state index contributed by atoms with van der Waals surface area (Å²) in [5.74, 6) is 0.305. The first-order valence-electron chi connectivity index (χ1n) is 4.62. The van der Waals surface area contributed by atoms with Crippen LogP contribution in [0.3, 0.4) is 0 Å². The molecule has 1 aromatic rings. The lowest BCUT2D eigenvalue weighted by atomic mass is 10.0. The van der Waals surface area contributed by atoms with Crippen molar-refractivity contribution in [2.75, 3.05) is 12.0 Å². The van der Waals surface area contributed by atoms with Crippen LogP contribution in [0.15, 0.2) is 24.5 Å². The molecule has 2 unspecified atom stereocenters. The Labute approximate surface area is 99.0 Å². The number of aromatic nitrogens is 1. The van der Waals surface area contributed by atoms with Gasteiger partial charge in [-0.2, -0.15) is 0 Å². The standard InChI is InChI=1S/C10H14BrNO2S/c1-8(9-3-5-12-6-4-9)10(11)7-15(2,13)14/h3-6,8,10H,7H2,1-2H3. The van der Waals surface area contributed by atoms with Crippen LogP contribution >= 0.6 is 15.9 Å². The summed E-state index contributed by atoms with van der Waals surface area (Å²) in [4.78, 5) is 3.87. The summed E-state index contributed by atoms with van der Waals surface area (Å²) in [7, 11) is -2.94. The van der Waals surface area contributed by atoms with Crippen LogP contribution in [-0.4, -0.2) is 30.2 Å². The molecule has 1 rings (SSSR count). The monoisotopic (exact) mass is 291 g/mol. The molecule has 0 bridgehead atoms. The van der Waals surface area contributed by atoms with Gasteiger partial charge in [-0.1, -0.05) is 22.9 Å². The van der Waals surface area contributed by atoms with E-state index in [1.54, 1.807) is 12.4 Å². The predicted octanol–water partition coefficient (Wildman–Crippen LogP) is 1.99. The molecule has 0 spiro atoms. The summed E-state index contributed by atoms with van der Waals surface area (Å²) in [6, 6.07) is 3.81. The first kappa shape index (κ1) is 12.6. The van der Waals surface area contributed by atoms with Gasteiger partial charge in [0.1, 0.15) is 9.84 Å². The molecule has 0 radical (unpaired) electrons. The highest BCUT2D eigenvalue weighted by molar-refractivity contribution is 9.09. The zero-order valence-electron chi connectivity index (χ0n) is 8.72. The Morgan fingerprint density at radius 2 is 1.93 bits per heavy atom. The van der Waals surface area contributed by atoms with Crippen molar-refractivity contribution in [3.8, 4) is 0 Å². The highest BCUT2D eigenvalue weighted by Crippen LogP contribution is 2.24. The van der Waals surface area contributed by atoms with E-state index in [1.165, 1.54) is 6.26 Å². The molecule has 0 fully saturated rings. The first-order chi connectivity index (χ1) is 6.90. The molecule has 2 atom stereocenters. The molecule has 0 saturated heterocycles. The van der Waals surface area contributed by atoms with E-state index < -0.39 is 9.84 Å². The van der Waals surface area contributed by atoms with Crippen molar-refractivity contribution in [3.05, 3.63) is 30.1 Å². The van der Waals surface area contributed by atoms with Crippen LogP contribution in [0.5, 0.6) is 0 Å². The van der Waals surface area contributed by atoms with Crippen molar-refractivity contribution in [1.82, 2.24) is 4.98 Å². The minimum absolute atomic E-state index is 0.0603. The smallest absolute Gasteiger partial charge is 0.148 e. The molecule has 15 heavy (non-hydrogen) atoms. The number of hydrogen-bond donors (Lipinski definition) is 0. The Balaban J connectivity index is 2.73. The molecule has 0 aliphatic rings. The normalized spacial score (nSPS) is 15.9. The van der Waals surface area contributed by atoms with Crippen LogP contribution in [0.1, 0.15) is 18.4 Å². The third-order valence-corrected chi connectivity index (χ3v) is 4.75. The lowest BCUT2D eigenvalue weighted by molar-refractivity contribution is 0.596. The van der Waals surface area contributed by atoms with E-state index in [9.17, 15) is 8.42 Å². The quantitative estimate of drug-likeness (QED) is 0.797. The van der Waals surface area contributed by atoms with E-state index in [0.29, 0.717) is 0 Å². The van der Waals surface area contributed by atoms with Gasteiger partial charge in [0.2, 0.25) is 0 Å². The summed E-state index contributed by atoms with van der Waals surface area (Å²) in [5.41, 5.74) is 1.09. The van der Waals surface area contributed by atoms with Gasteiger partial charge >= 0.3 is 0 Å². The van der Waals surface area contributed by atoms with Crippen LogP contribution in [0.25, 0.3) is 0 Å². The Kier molecular flexibility index (Phi) is 4.28. The number of halogens is 1. The molecule has 0 amide bonds. The minimum atomic E-state index is -2.94. The number of nitrogens with zero attached hydrogens (tertiary/aromatic N) is 1. The van der Waals surface area contributed by atoms with Gasteiger partial charge in [0, 0.05) is 23.5 Å². The number of pyridine rings is 1. The predicted molar refractivity (Wildman–Crippen MR) is 65.1 cm³/mol. The van der Waals surface area contributed by atoms with Crippen LogP contribution in [0.2, 0.25) is 0 Å². The van der Waals surface area contributed by atoms with Gasteiger partial charge in [0.05, 0.1) is 5.75 Å². The molecular formula is C10H14BrNO2S. The molecule has 0 aliphatic carbocycles. The molecule has 84 valence electrons. The van der Waals surface area contributed by atoms with Crippen molar-refractivity contribution in [2.24, 2.45) is 0 Å². The fourth-order valence-corrected chi connectivity index (χ4v) is 3.92. The SMILES string of the molecule is CC(c1ccncc1)C(Br)CS(C)(=O)=O.